The summed E-state index contributed by atoms with van der Waals surface area (Å²) in [5.41, 5.74) is 1.47. The van der Waals surface area contributed by atoms with Gasteiger partial charge in [0.25, 0.3) is 10.0 Å². The van der Waals surface area contributed by atoms with Gasteiger partial charge in [-0.05, 0) is 24.6 Å². The van der Waals surface area contributed by atoms with Crippen LogP contribution in [0.5, 0.6) is 0 Å². The molecule has 0 radical (unpaired) electrons. The molecule has 2 heterocycles. The van der Waals surface area contributed by atoms with E-state index in [0.717, 1.165) is 37.5 Å². The smallest absolute Gasteiger partial charge is 0.268 e. The van der Waals surface area contributed by atoms with Gasteiger partial charge in [0, 0.05) is 10.9 Å². The maximum absolute atomic E-state index is 13.8. The van der Waals surface area contributed by atoms with Crippen LogP contribution in [0.25, 0.3) is 10.9 Å². The molecule has 1 saturated heterocycles. The van der Waals surface area contributed by atoms with Crippen LogP contribution in [0.15, 0.2) is 59.5 Å². The van der Waals surface area contributed by atoms with Crippen molar-refractivity contribution in [3.8, 4) is 0 Å². The van der Waals surface area contributed by atoms with Gasteiger partial charge < -0.3 is 14.6 Å². The molecule has 3 aromatic rings. The predicted molar refractivity (Wildman–Crippen MR) is 124 cm³/mol. The number of nitrogens with zero attached hydrogens (tertiary/aromatic N) is 1. The van der Waals surface area contributed by atoms with E-state index in [-0.39, 0.29) is 4.90 Å². The second-order valence-electron chi connectivity index (χ2n) is 8.19. The molecular formula is C25H31NO5S. The summed E-state index contributed by atoms with van der Waals surface area (Å²) < 4.78 is 40.4. The van der Waals surface area contributed by atoms with Crippen molar-refractivity contribution in [2.45, 2.75) is 62.7 Å². The van der Waals surface area contributed by atoms with E-state index in [1.54, 1.807) is 42.5 Å². The molecule has 1 aromatic heterocycles. The lowest BCUT2D eigenvalue weighted by molar-refractivity contribution is -0.0451. The lowest BCUT2D eigenvalue weighted by Crippen LogP contribution is -2.19. The number of fused-ring (bicyclic) bond motifs is 1. The summed E-state index contributed by atoms with van der Waals surface area (Å²) in [6.45, 7) is 3.03. The molecule has 1 atom stereocenters. The van der Waals surface area contributed by atoms with Crippen molar-refractivity contribution >= 4 is 20.9 Å². The first kappa shape index (κ1) is 23.0. The Morgan fingerprint density at radius 2 is 1.62 bits per heavy atom. The Labute approximate surface area is 189 Å². The summed E-state index contributed by atoms with van der Waals surface area (Å²) >= 11 is 0. The van der Waals surface area contributed by atoms with E-state index in [0.29, 0.717) is 36.4 Å². The third-order valence-corrected chi connectivity index (χ3v) is 7.69. The Morgan fingerprint density at radius 1 is 0.969 bits per heavy atom. The Kier molecular flexibility index (Phi) is 7.30. The fourth-order valence-corrected chi connectivity index (χ4v) is 5.99. The minimum absolute atomic E-state index is 0.178. The monoisotopic (exact) mass is 457 g/mol. The molecule has 0 spiro atoms. The largest absolute Gasteiger partial charge is 0.387 e. The molecular weight excluding hydrogens is 426 g/mol. The zero-order valence-corrected chi connectivity index (χ0v) is 19.3. The van der Waals surface area contributed by atoms with Crippen molar-refractivity contribution in [2.75, 3.05) is 13.2 Å². The summed E-state index contributed by atoms with van der Waals surface area (Å²) in [6.07, 6.45) is 4.06. The maximum atomic E-state index is 13.8. The Bertz CT molecular complexity index is 1130. The number of aliphatic hydroxyl groups excluding tert-OH is 1. The molecule has 0 bridgehead atoms. The first-order chi connectivity index (χ1) is 15.6. The third kappa shape index (κ3) is 4.48. The summed E-state index contributed by atoms with van der Waals surface area (Å²) in [5.74, 6) is 0. The molecule has 32 heavy (non-hydrogen) atoms. The summed E-state index contributed by atoms with van der Waals surface area (Å²) in [5, 5.41) is 12.0. The average Bonchev–Trinajstić information content (AvgIpc) is 3.45. The second kappa shape index (κ2) is 10.2. The average molecular weight is 458 g/mol. The maximum Gasteiger partial charge on any atom is 0.268 e. The first-order valence-corrected chi connectivity index (χ1v) is 12.8. The summed E-state index contributed by atoms with van der Waals surface area (Å²) in [4.78, 5) is 0.178. The zero-order valence-electron chi connectivity index (χ0n) is 18.4. The molecule has 0 aliphatic carbocycles. The van der Waals surface area contributed by atoms with E-state index in [1.807, 2.05) is 12.1 Å². The molecule has 1 fully saturated rings. The number of rotatable bonds is 10. The Hall–Kier alpha value is -2.19. The van der Waals surface area contributed by atoms with E-state index in [2.05, 4.69) is 6.92 Å². The normalized spacial score (nSPS) is 16.1. The van der Waals surface area contributed by atoms with Crippen molar-refractivity contribution in [1.82, 2.24) is 3.97 Å². The van der Waals surface area contributed by atoms with Crippen molar-refractivity contribution in [3.05, 3.63) is 65.9 Å². The highest BCUT2D eigenvalue weighted by molar-refractivity contribution is 7.90. The van der Waals surface area contributed by atoms with Crippen LogP contribution in [0.2, 0.25) is 0 Å². The van der Waals surface area contributed by atoms with Crippen molar-refractivity contribution in [3.63, 3.8) is 0 Å². The van der Waals surface area contributed by atoms with Gasteiger partial charge in [-0.1, -0.05) is 75.4 Å². The third-order valence-electron chi connectivity index (χ3n) is 5.94. The molecule has 7 heteroatoms. The summed E-state index contributed by atoms with van der Waals surface area (Å²) in [7, 11) is -3.94. The van der Waals surface area contributed by atoms with Gasteiger partial charge in [-0.2, -0.15) is 0 Å². The molecule has 172 valence electrons. The number of unbranched alkanes of at least 4 members (excludes halogenated alkanes) is 4. The number of aliphatic hydroxyl groups is 1. The number of benzene rings is 2. The number of hydrogen-bond acceptors (Lipinski definition) is 5. The van der Waals surface area contributed by atoms with Gasteiger partial charge in [0.2, 0.25) is 0 Å². The van der Waals surface area contributed by atoms with Gasteiger partial charge in [-0.15, -0.1) is 0 Å². The Morgan fingerprint density at radius 3 is 2.34 bits per heavy atom. The van der Waals surface area contributed by atoms with E-state index in [9.17, 15) is 13.5 Å². The highest BCUT2D eigenvalue weighted by Gasteiger charge is 2.35. The first-order valence-electron chi connectivity index (χ1n) is 11.4. The highest BCUT2D eigenvalue weighted by Crippen LogP contribution is 2.41. The molecule has 1 aliphatic heterocycles. The van der Waals surface area contributed by atoms with Gasteiger partial charge in [0.05, 0.1) is 35.4 Å². The highest BCUT2D eigenvalue weighted by atomic mass is 32.2. The van der Waals surface area contributed by atoms with Crippen LogP contribution in [0, 0.1) is 0 Å². The molecule has 4 rings (SSSR count). The molecule has 1 aliphatic rings. The molecule has 6 nitrogen and oxygen atoms in total. The fourth-order valence-electron chi connectivity index (χ4n) is 4.38. The van der Waals surface area contributed by atoms with E-state index < -0.39 is 22.4 Å². The van der Waals surface area contributed by atoms with Crippen LogP contribution >= 0.6 is 0 Å². The zero-order chi connectivity index (χ0) is 22.6. The van der Waals surface area contributed by atoms with Crippen LogP contribution in [-0.2, 0) is 19.5 Å². The van der Waals surface area contributed by atoms with Crippen LogP contribution in [0.1, 0.15) is 69.1 Å². The second-order valence-corrected chi connectivity index (χ2v) is 9.98. The molecule has 1 N–H and O–H groups in total. The number of aromatic nitrogens is 1. The minimum atomic E-state index is -3.94. The van der Waals surface area contributed by atoms with E-state index >= 15 is 0 Å². The molecule has 1 unspecified atom stereocenters. The topological polar surface area (TPSA) is 77.8 Å². The van der Waals surface area contributed by atoms with Crippen molar-refractivity contribution < 1.29 is 23.0 Å². The van der Waals surface area contributed by atoms with Gasteiger partial charge in [0.1, 0.15) is 0 Å². The number of para-hydroxylation sites is 1. The lowest BCUT2D eigenvalue weighted by Gasteiger charge is -2.19. The summed E-state index contributed by atoms with van der Waals surface area (Å²) in [6, 6.07) is 15.6. The standard InChI is InChI=1S/C25H31NO5S/c1-2-3-4-5-9-16-22(27)24-23(25-30-17-18-31-25)20-14-10-11-15-21(20)26(24)32(28,29)19-12-7-6-8-13-19/h6-8,10-15,22,25,27H,2-5,9,16-18H2,1H3. The minimum Gasteiger partial charge on any atom is -0.387 e. The van der Waals surface area contributed by atoms with Gasteiger partial charge in [-0.25, -0.2) is 12.4 Å². The molecule has 2 aromatic carbocycles. The molecule has 0 amide bonds. The molecule has 0 saturated carbocycles. The van der Waals surface area contributed by atoms with Gasteiger partial charge >= 0.3 is 0 Å². The van der Waals surface area contributed by atoms with Crippen LogP contribution in [0.4, 0.5) is 0 Å². The Balaban J connectivity index is 1.85. The van der Waals surface area contributed by atoms with Crippen molar-refractivity contribution in [2.24, 2.45) is 0 Å². The van der Waals surface area contributed by atoms with Crippen LogP contribution in [-0.4, -0.2) is 30.7 Å². The van der Waals surface area contributed by atoms with Crippen LogP contribution < -0.4 is 0 Å². The van der Waals surface area contributed by atoms with E-state index in [1.165, 1.54) is 3.97 Å². The van der Waals surface area contributed by atoms with E-state index in [4.69, 9.17) is 9.47 Å². The van der Waals surface area contributed by atoms with Gasteiger partial charge in [0.15, 0.2) is 6.29 Å². The van der Waals surface area contributed by atoms with Crippen molar-refractivity contribution in [1.29, 1.82) is 0 Å². The number of hydrogen-bond donors (Lipinski definition) is 1. The SMILES string of the molecule is CCCCCCCC(O)c1c(C2OCCO2)c2ccccc2n1S(=O)(=O)c1ccccc1. The fraction of sp³-hybridized carbons (Fsp3) is 0.440. The lowest BCUT2D eigenvalue weighted by atomic mass is 10.0. The predicted octanol–water partition coefficient (Wildman–Crippen LogP) is 5.32. The van der Waals surface area contributed by atoms with Crippen LogP contribution in [0.3, 0.4) is 0 Å². The quantitative estimate of drug-likeness (QED) is 0.417. The van der Waals surface area contributed by atoms with Gasteiger partial charge in [-0.3, -0.25) is 0 Å². The number of ether oxygens (including phenoxy) is 2.